The Labute approximate surface area is 155 Å². The number of benzene rings is 2. The van der Waals surface area contributed by atoms with Gasteiger partial charge in [-0.3, -0.25) is 9.89 Å². The number of hydrogen-bond donors (Lipinski definition) is 3. The summed E-state index contributed by atoms with van der Waals surface area (Å²) < 4.78 is 7.61. The summed E-state index contributed by atoms with van der Waals surface area (Å²) in [7, 11) is 0. The highest BCUT2D eigenvalue weighted by molar-refractivity contribution is 7.71. The molecular formula is C18H17N5O2S. The minimum absolute atomic E-state index is 0.0439. The molecule has 7 nitrogen and oxygen atoms in total. The van der Waals surface area contributed by atoms with Gasteiger partial charge < -0.3 is 15.5 Å². The normalized spacial score (nSPS) is 14.1. The zero-order valence-electron chi connectivity index (χ0n) is 13.8. The van der Waals surface area contributed by atoms with Crippen LogP contribution in [0.5, 0.6) is 5.75 Å². The summed E-state index contributed by atoms with van der Waals surface area (Å²) in [5, 5.41) is 9.53. The number of hydrogen-bond acceptors (Lipinski definition) is 5. The van der Waals surface area contributed by atoms with Crippen LogP contribution in [0.1, 0.15) is 17.2 Å². The molecule has 1 aromatic heterocycles. The van der Waals surface area contributed by atoms with E-state index in [0.29, 0.717) is 16.2 Å². The van der Waals surface area contributed by atoms with E-state index >= 15 is 0 Å². The second-order valence-corrected chi connectivity index (χ2v) is 6.38. The van der Waals surface area contributed by atoms with Crippen LogP contribution in [0.3, 0.4) is 0 Å². The first-order chi connectivity index (χ1) is 12.7. The third-order valence-corrected chi connectivity index (χ3v) is 4.46. The second kappa shape index (κ2) is 7.01. The van der Waals surface area contributed by atoms with E-state index in [1.807, 2.05) is 36.4 Å². The number of amides is 1. The molecule has 8 heteroatoms. The van der Waals surface area contributed by atoms with Crippen LogP contribution in [0, 0.1) is 4.77 Å². The SMILES string of the molecule is O=C1COc2ccc(C(Cc3ccccc3)Nn3cn[nH]c3=S)cc2N1. The lowest BCUT2D eigenvalue weighted by Gasteiger charge is -2.24. The number of H-pyrrole nitrogens is 1. The van der Waals surface area contributed by atoms with Gasteiger partial charge in [0.15, 0.2) is 6.61 Å². The van der Waals surface area contributed by atoms with E-state index in [0.717, 1.165) is 12.0 Å². The van der Waals surface area contributed by atoms with Gasteiger partial charge in [-0.15, -0.1) is 0 Å². The Balaban J connectivity index is 1.68. The molecule has 2 heterocycles. The summed E-state index contributed by atoms with van der Waals surface area (Å²) in [6.45, 7) is 0.0439. The third-order valence-electron chi connectivity index (χ3n) is 4.17. The van der Waals surface area contributed by atoms with Crippen molar-refractivity contribution in [1.82, 2.24) is 14.9 Å². The van der Waals surface area contributed by atoms with Gasteiger partial charge in [-0.05, 0) is 41.9 Å². The van der Waals surface area contributed by atoms with Crippen LogP contribution in [0.25, 0.3) is 0 Å². The van der Waals surface area contributed by atoms with Gasteiger partial charge in [0, 0.05) is 0 Å². The zero-order chi connectivity index (χ0) is 17.9. The van der Waals surface area contributed by atoms with E-state index in [-0.39, 0.29) is 18.6 Å². The van der Waals surface area contributed by atoms with Gasteiger partial charge in [0.2, 0.25) is 4.77 Å². The number of nitrogens with one attached hydrogen (secondary N) is 3. The first kappa shape index (κ1) is 16.3. The smallest absolute Gasteiger partial charge is 0.262 e. The van der Waals surface area contributed by atoms with E-state index in [1.54, 1.807) is 11.0 Å². The summed E-state index contributed by atoms with van der Waals surface area (Å²) in [5.74, 6) is 0.519. The summed E-state index contributed by atoms with van der Waals surface area (Å²) in [4.78, 5) is 11.6. The molecule has 1 atom stereocenters. The third kappa shape index (κ3) is 3.45. The number of rotatable bonds is 5. The number of anilines is 1. The van der Waals surface area contributed by atoms with Crippen LogP contribution < -0.4 is 15.5 Å². The fraction of sp³-hybridized carbons (Fsp3) is 0.167. The zero-order valence-corrected chi connectivity index (χ0v) is 14.6. The van der Waals surface area contributed by atoms with E-state index in [9.17, 15) is 4.79 Å². The average molecular weight is 367 g/mol. The summed E-state index contributed by atoms with van der Waals surface area (Å²) in [5.41, 5.74) is 6.23. The van der Waals surface area contributed by atoms with Crippen molar-refractivity contribution in [3.05, 3.63) is 70.8 Å². The van der Waals surface area contributed by atoms with Crippen molar-refractivity contribution in [2.24, 2.45) is 0 Å². The van der Waals surface area contributed by atoms with Crippen molar-refractivity contribution in [1.29, 1.82) is 0 Å². The Morgan fingerprint density at radius 2 is 2.12 bits per heavy atom. The van der Waals surface area contributed by atoms with E-state index < -0.39 is 0 Å². The summed E-state index contributed by atoms with van der Waals surface area (Å²) >= 11 is 5.24. The molecule has 0 saturated heterocycles. The maximum Gasteiger partial charge on any atom is 0.262 e. The predicted octanol–water partition coefficient (Wildman–Crippen LogP) is 2.80. The summed E-state index contributed by atoms with van der Waals surface area (Å²) in [6, 6.07) is 15.9. The number of fused-ring (bicyclic) bond motifs is 1. The first-order valence-corrected chi connectivity index (χ1v) is 8.59. The maximum absolute atomic E-state index is 11.6. The second-order valence-electron chi connectivity index (χ2n) is 6.00. The van der Waals surface area contributed by atoms with Crippen molar-refractivity contribution in [3.8, 4) is 5.75 Å². The Morgan fingerprint density at radius 1 is 1.27 bits per heavy atom. The van der Waals surface area contributed by atoms with Gasteiger partial charge in [0.25, 0.3) is 5.91 Å². The minimum Gasteiger partial charge on any atom is -0.482 e. The lowest BCUT2D eigenvalue weighted by molar-refractivity contribution is -0.118. The molecule has 0 spiro atoms. The van der Waals surface area contributed by atoms with Crippen molar-refractivity contribution >= 4 is 23.8 Å². The Morgan fingerprint density at radius 3 is 2.88 bits per heavy atom. The highest BCUT2D eigenvalue weighted by Crippen LogP contribution is 2.32. The fourth-order valence-electron chi connectivity index (χ4n) is 2.91. The quantitative estimate of drug-likeness (QED) is 0.604. The molecule has 0 bridgehead atoms. The molecule has 26 heavy (non-hydrogen) atoms. The lowest BCUT2D eigenvalue weighted by atomic mass is 9.98. The molecule has 0 saturated carbocycles. The minimum atomic E-state index is -0.153. The number of nitrogens with zero attached hydrogens (tertiary/aromatic N) is 2. The van der Waals surface area contributed by atoms with Gasteiger partial charge in [-0.25, -0.2) is 4.68 Å². The summed E-state index contributed by atoms with van der Waals surface area (Å²) in [6.07, 6.45) is 2.34. The monoisotopic (exact) mass is 367 g/mol. The van der Waals surface area contributed by atoms with Gasteiger partial charge >= 0.3 is 0 Å². The molecule has 3 aromatic rings. The van der Waals surface area contributed by atoms with Gasteiger partial charge in [0.05, 0.1) is 11.7 Å². The topological polar surface area (TPSA) is 84.0 Å². The van der Waals surface area contributed by atoms with E-state index in [4.69, 9.17) is 17.0 Å². The highest BCUT2D eigenvalue weighted by atomic mass is 32.1. The predicted molar refractivity (Wildman–Crippen MR) is 100 cm³/mol. The van der Waals surface area contributed by atoms with Crippen LogP contribution in [0.15, 0.2) is 54.9 Å². The van der Waals surface area contributed by atoms with Crippen molar-refractivity contribution in [2.45, 2.75) is 12.5 Å². The van der Waals surface area contributed by atoms with Crippen LogP contribution in [-0.2, 0) is 11.2 Å². The molecule has 4 rings (SSSR count). The molecule has 3 N–H and O–H groups in total. The first-order valence-electron chi connectivity index (χ1n) is 8.18. The molecule has 0 fully saturated rings. The highest BCUT2D eigenvalue weighted by Gasteiger charge is 2.20. The molecule has 1 aliphatic rings. The van der Waals surface area contributed by atoms with E-state index in [1.165, 1.54) is 5.56 Å². The molecule has 0 aliphatic carbocycles. The number of ether oxygens (including phenoxy) is 1. The fourth-order valence-corrected chi connectivity index (χ4v) is 3.07. The Hall–Kier alpha value is -3.13. The molecule has 1 aliphatic heterocycles. The Bertz CT molecular complexity index is 983. The van der Waals surface area contributed by atoms with E-state index in [2.05, 4.69) is 33.1 Å². The van der Waals surface area contributed by atoms with Crippen molar-refractivity contribution < 1.29 is 9.53 Å². The lowest BCUT2D eigenvalue weighted by Crippen LogP contribution is -2.26. The molecule has 1 amide bonds. The number of aromatic nitrogens is 3. The Kier molecular flexibility index (Phi) is 4.40. The van der Waals surface area contributed by atoms with Gasteiger partial charge in [-0.2, -0.15) is 5.10 Å². The van der Waals surface area contributed by atoms with Gasteiger partial charge in [0.1, 0.15) is 12.1 Å². The number of carbonyl (C=O) groups is 1. The molecule has 1 unspecified atom stereocenters. The van der Waals surface area contributed by atoms with Gasteiger partial charge in [-0.1, -0.05) is 36.4 Å². The van der Waals surface area contributed by atoms with Crippen LogP contribution in [0.2, 0.25) is 0 Å². The largest absolute Gasteiger partial charge is 0.482 e. The molecule has 2 aromatic carbocycles. The number of carbonyl (C=O) groups excluding carboxylic acids is 1. The number of aromatic amines is 1. The van der Waals surface area contributed by atoms with Crippen LogP contribution in [-0.4, -0.2) is 27.4 Å². The van der Waals surface area contributed by atoms with Crippen molar-refractivity contribution in [2.75, 3.05) is 17.3 Å². The molecular weight excluding hydrogens is 350 g/mol. The van der Waals surface area contributed by atoms with Crippen LogP contribution in [0.4, 0.5) is 5.69 Å². The van der Waals surface area contributed by atoms with Crippen molar-refractivity contribution in [3.63, 3.8) is 0 Å². The average Bonchev–Trinajstić information content (AvgIpc) is 3.06. The maximum atomic E-state index is 11.6. The molecule has 0 radical (unpaired) electrons. The van der Waals surface area contributed by atoms with Crippen LogP contribution >= 0.6 is 12.2 Å². The molecule has 132 valence electrons. The standard InChI is InChI=1S/C18H17N5O2S/c24-17-10-25-16-7-6-13(9-15(16)20-17)14(8-12-4-2-1-3-5-12)22-23-11-19-21-18(23)26/h1-7,9,11,14,22H,8,10H2,(H,20,24)(H,21,26).